The van der Waals surface area contributed by atoms with Crippen LogP contribution in [0.5, 0.6) is 0 Å². The first-order valence-corrected chi connectivity index (χ1v) is 8.20. The van der Waals surface area contributed by atoms with Crippen molar-refractivity contribution in [3.63, 3.8) is 0 Å². The van der Waals surface area contributed by atoms with Crippen LogP contribution in [0.25, 0.3) is 0 Å². The Morgan fingerprint density at radius 3 is 2.41 bits per heavy atom. The molecular formula is C14H19Cl2N4OS+. The number of quaternary nitrogens is 1. The number of nitrogens with zero attached hydrogens (tertiary/aromatic N) is 1. The molecule has 0 aliphatic carbocycles. The number of amides is 1. The number of carbonyl (C=O) groups excluding carboxylic acids is 1. The minimum absolute atomic E-state index is 0.0673. The maximum absolute atomic E-state index is 11.4. The van der Waals surface area contributed by atoms with Crippen LogP contribution in [0.15, 0.2) is 18.2 Å². The Morgan fingerprint density at radius 2 is 1.86 bits per heavy atom. The lowest BCUT2D eigenvalue weighted by atomic mass is 10.3. The molecule has 1 heterocycles. The summed E-state index contributed by atoms with van der Waals surface area (Å²) in [6.45, 7) is 3.89. The van der Waals surface area contributed by atoms with Crippen LogP contribution in [-0.4, -0.2) is 55.7 Å². The van der Waals surface area contributed by atoms with Gasteiger partial charge < -0.3 is 20.4 Å². The number of rotatable bonds is 3. The van der Waals surface area contributed by atoms with Crippen molar-refractivity contribution in [3.8, 4) is 0 Å². The molecule has 0 spiro atoms. The van der Waals surface area contributed by atoms with Gasteiger partial charge in [0.15, 0.2) is 11.7 Å². The molecule has 2 rings (SSSR count). The first-order valence-electron chi connectivity index (χ1n) is 7.04. The van der Waals surface area contributed by atoms with Crippen molar-refractivity contribution in [3.05, 3.63) is 28.2 Å². The normalized spacial score (nSPS) is 15.5. The van der Waals surface area contributed by atoms with Crippen LogP contribution in [0.4, 0.5) is 5.69 Å². The number of thiocarbonyl (C=S) groups is 1. The van der Waals surface area contributed by atoms with Gasteiger partial charge in [-0.25, -0.2) is 0 Å². The van der Waals surface area contributed by atoms with Gasteiger partial charge in [-0.1, -0.05) is 23.2 Å². The van der Waals surface area contributed by atoms with Gasteiger partial charge in [-0.15, -0.1) is 0 Å². The van der Waals surface area contributed by atoms with E-state index in [-0.39, 0.29) is 5.91 Å². The number of piperazine rings is 1. The van der Waals surface area contributed by atoms with Crippen molar-refractivity contribution in [2.24, 2.45) is 0 Å². The van der Waals surface area contributed by atoms with Gasteiger partial charge in [0.2, 0.25) is 0 Å². The molecule has 0 atom stereocenters. The molecule has 3 N–H and O–H groups in total. The fraction of sp³-hybridized carbons (Fsp3) is 0.429. The molecule has 0 bridgehead atoms. The molecule has 22 heavy (non-hydrogen) atoms. The Hall–Kier alpha value is -1.08. The van der Waals surface area contributed by atoms with Gasteiger partial charge in [0.25, 0.3) is 5.91 Å². The van der Waals surface area contributed by atoms with E-state index in [0.717, 1.165) is 31.9 Å². The second-order valence-corrected chi connectivity index (χ2v) is 6.43. The predicted octanol–water partition coefficient (Wildman–Crippen LogP) is 0.637. The quantitative estimate of drug-likeness (QED) is 0.691. The molecule has 0 aromatic heterocycles. The second kappa shape index (κ2) is 7.97. The van der Waals surface area contributed by atoms with E-state index in [2.05, 4.69) is 15.5 Å². The third-order valence-electron chi connectivity index (χ3n) is 3.56. The van der Waals surface area contributed by atoms with Gasteiger partial charge in [-0.05, 0) is 30.4 Å². The lowest BCUT2D eigenvalue weighted by Gasteiger charge is -2.33. The smallest absolute Gasteiger partial charge is 0.274 e. The molecule has 0 radical (unpaired) electrons. The second-order valence-electron chi connectivity index (χ2n) is 5.18. The molecule has 1 amide bonds. The Bertz CT molecular complexity index is 542. The molecule has 1 aliphatic rings. The number of hydrogen-bond acceptors (Lipinski definition) is 2. The number of nitrogens with one attached hydrogen (secondary N) is 3. The minimum atomic E-state index is 0.0673. The van der Waals surface area contributed by atoms with Crippen molar-refractivity contribution in [1.29, 1.82) is 0 Å². The monoisotopic (exact) mass is 361 g/mol. The van der Waals surface area contributed by atoms with E-state index in [1.807, 2.05) is 0 Å². The topological polar surface area (TPSA) is 48.8 Å². The zero-order chi connectivity index (χ0) is 16.1. The van der Waals surface area contributed by atoms with E-state index in [1.54, 1.807) is 25.2 Å². The van der Waals surface area contributed by atoms with Crippen LogP contribution in [0.2, 0.25) is 10.0 Å². The number of carbonyl (C=O) groups is 1. The standard InChI is InChI=1S/C14H18Cl2N4OS/c1-17-13(21)9-19-2-4-20(5-3-19)14(22)18-12-7-10(15)6-11(16)8-12/h6-8H,2-5,9H2,1H3,(H,17,21)(H,18,22)/p+1. The Morgan fingerprint density at radius 1 is 1.27 bits per heavy atom. The summed E-state index contributed by atoms with van der Waals surface area (Å²) in [5.41, 5.74) is 0.780. The van der Waals surface area contributed by atoms with Gasteiger partial charge in [0.1, 0.15) is 0 Å². The number of anilines is 1. The van der Waals surface area contributed by atoms with Crippen LogP contribution < -0.4 is 15.5 Å². The van der Waals surface area contributed by atoms with Crippen molar-refractivity contribution in [2.75, 3.05) is 45.1 Å². The van der Waals surface area contributed by atoms with E-state index < -0.39 is 0 Å². The minimum Gasteiger partial charge on any atom is -0.354 e. The summed E-state index contributed by atoms with van der Waals surface area (Å²) < 4.78 is 0. The highest BCUT2D eigenvalue weighted by molar-refractivity contribution is 7.80. The van der Waals surface area contributed by atoms with E-state index in [9.17, 15) is 4.79 Å². The van der Waals surface area contributed by atoms with Gasteiger partial charge >= 0.3 is 0 Å². The molecule has 0 saturated carbocycles. The number of likely N-dealkylation sites (N-methyl/N-ethyl adjacent to an activating group) is 1. The Labute approximate surface area is 145 Å². The number of benzene rings is 1. The summed E-state index contributed by atoms with van der Waals surface area (Å²) >= 11 is 17.4. The molecule has 1 aliphatic heterocycles. The first kappa shape index (κ1) is 17.3. The van der Waals surface area contributed by atoms with Gasteiger partial charge in [0.05, 0.1) is 26.2 Å². The zero-order valence-electron chi connectivity index (χ0n) is 12.3. The van der Waals surface area contributed by atoms with Gasteiger partial charge in [-0.2, -0.15) is 0 Å². The molecule has 0 unspecified atom stereocenters. The zero-order valence-corrected chi connectivity index (χ0v) is 14.6. The van der Waals surface area contributed by atoms with Crippen LogP contribution in [0.1, 0.15) is 0 Å². The summed E-state index contributed by atoms with van der Waals surface area (Å²) in [4.78, 5) is 14.8. The van der Waals surface area contributed by atoms with Crippen LogP contribution in [0, 0.1) is 0 Å². The SMILES string of the molecule is CNC(=O)C[NH+]1CCN(C(=S)Nc2cc(Cl)cc(Cl)c2)CC1. The predicted molar refractivity (Wildman–Crippen MR) is 93.9 cm³/mol. The summed E-state index contributed by atoms with van der Waals surface area (Å²) in [7, 11) is 1.66. The van der Waals surface area contributed by atoms with Crippen LogP contribution >= 0.6 is 35.4 Å². The maximum atomic E-state index is 11.4. The third-order valence-corrected chi connectivity index (χ3v) is 4.36. The summed E-state index contributed by atoms with van der Waals surface area (Å²) in [6.07, 6.45) is 0. The number of halogens is 2. The molecule has 1 aromatic rings. The van der Waals surface area contributed by atoms with Gasteiger partial charge in [-0.3, -0.25) is 4.79 Å². The summed E-state index contributed by atoms with van der Waals surface area (Å²) in [5.74, 6) is 0.0673. The molecule has 1 saturated heterocycles. The highest BCUT2D eigenvalue weighted by Crippen LogP contribution is 2.22. The van der Waals surface area contributed by atoms with E-state index in [0.29, 0.717) is 21.7 Å². The highest BCUT2D eigenvalue weighted by atomic mass is 35.5. The average molecular weight is 362 g/mol. The molecule has 120 valence electrons. The largest absolute Gasteiger partial charge is 0.354 e. The molecule has 1 fully saturated rings. The van der Waals surface area contributed by atoms with Crippen molar-refractivity contribution in [1.82, 2.24) is 10.2 Å². The van der Waals surface area contributed by atoms with Crippen molar-refractivity contribution in [2.45, 2.75) is 0 Å². The Kier molecular flexibility index (Phi) is 6.26. The van der Waals surface area contributed by atoms with E-state index in [4.69, 9.17) is 35.4 Å². The summed E-state index contributed by atoms with van der Waals surface area (Å²) in [5, 5.41) is 7.60. The molecule has 5 nitrogen and oxygen atoms in total. The maximum Gasteiger partial charge on any atom is 0.274 e. The lowest BCUT2D eigenvalue weighted by Crippen LogP contribution is -3.15. The van der Waals surface area contributed by atoms with Gasteiger partial charge in [0, 0.05) is 22.8 Å². The van der Waals surface area contributed by atoms with Crippen LogP contribution in [-0.2, 0) is 4.79 Å². The molecular weight excluding hydrogens is 343 g/mol. The summed E-state index contributed by atoms with van der Waals surface area (Å²) in [6, 6.07) is 5.25. The fourth-order valence-corrected chi connectivity index (χ4v) is 3.17. The first-order chi connectivity index (χ1) is 10.5. The third kappa shape index (κ3) is 4.98. The van der Waals surface area contributed by atoms with Crippen LogP contribution in [0.3, 0.4) is 0 Å². The average Bonchev–Trinajstić information content (AvgIpc) is 2.46. The van der Waals surface area contributed by atoms with E-state index in [1.165, 1.54) is 4.90 Å². The molecule has 8 heteroatoms. The lowest BCUT2D eigenvalue weighted by molar-refractivity contribution is -0.895. The fourth-order valence-electron chi connectivity index (χ4n) is 2.35. The van der Waals surface area contributed by atoms with Crippen molar-refractivity contribution >= 4 is 52.1 Å². The number of hydrogen-bond donors (Lipinski definition) is 3. The highest BCUT2D eigenvalue weighted by Gasteiger charge is 2.23. The van der Waals surface area contributed by atoms with Crippen molar-refractivity contribution < 1.29 is 9.69 Å². The molecule has 1 aromatic carbocycles. The van der Waals surface area contributed by atoms with E-state index >= 15 is 0 Å². The Balaban J connectivity index is 1.86.